The number of fused-ring (bicyclic) bond motifs is 2. The third kappa shape index (κ3) is 3.15. The van der Waals surface area contributed by atoms with Gasteiger partial charge in [-0.25, -0.2) is 4.79 Å². The second-order valence-corrected chi connectivity index (χ2v) is 8.09. The highest BCUT2D eigenvalue weighted by Gasteiger charge is 2.46. The predicted octanol–water partition coefficient (Wildman–Crippen LogP) is -1.53. The van der Waals surface area contributed by atoms with Crippen molar-refractivity contribution in [3.05, 3.63) is 51.1 Å². The quantitative estimate of drug-likeness (QED) is 0.229. The SMILES string of the molecule is Cc1c(C(=O)O)c(O)cc2c1C(=O)c1c(cc(O)c([C@@H]3O[C@H](CO)[C@@H](O)[C@H](O)[C@H]3O)c1[O-])C2=O. The standard InChI is InChI=1S/C22H20O12/c1-5-11-6(2-8(24)12(5)22(32)33)15(26)7-3-9(25)14(18(29)13(7)17(11)28)21-20(31)19(30)16(27)10(4-23)34-21/h2-3,10,16,19-21,23-25,27,29-31H,4H2,1H3,(H,32,33)/p-1/t10-,16-,19+,20-,21+/m1/s1. The average molecular weight is 475 g/mol. The van der Waals surface area contributed by atoms with Crippen molar-refractivity contribution in [2.24, 2.45) is 0 Å². The Kier molecular flexibility index (Phi) is 5.58. The number of carbonyl (C=O) groups is 3. The molecule has 2 aromatic carbocycles. The molecule has 12 nitrogen and oxygen atoms in total. The van der Waals surface area contributed by atoms with Crippen molar-refractivity contribution in [2.45, 2.75) is 37.4 Å². The second kappa shape index (κ2) is 8.04. The lowest BCUT2D eigenvalue weighted by molar-refractivity contribution is -0.277. The summed E-state index contributed by atoms with van der Waals surface area (Å²) < 4.78 is 5.31. The zero-order valence-corrected chi connectivity index (χ0v) is 17.4. The van der Waals surface area contributed by atoms with E-state index in [-0.39, 0.29) is 11.1 Å². The van der Waals surface area contributed by atoms with E-state index in [4.69, 9.17) is 4.74 Å². The number of hydrogen-bond donors (Lipinski definition) is 7. The Morgan fingerprint density at radius 2 is 1.56 bits per heavy atom. The number of ketones is 2. The molecule has 1 saturated heterocycles. The van der Waals surface area contributed by atoms with Gasteiger partial charge in [0.05, 0.1) is 6.61 Å². The van der Waals surface area contributed by atoms with Gasteiger partial charge in [-0.3, -0.25) is 9.59 Å². The number of benzene rings is 2. The molecule has 0 unspecified atom stereocenters. The van der Waals surface area contributed by atoms with Crippen LogP contribution < -0.4 is 5.11 Å². The van der Waals surface area contributed by atoms with Gasteiger partial charge in [-0.2, -0.15) is 0 Å². The third-order valence-corrected chi connectivity index (χ3v) is 6.19. The number of carboxylic acids is 1. The summed E-state index contributed by atoms with van der Waals surface area (Å²) in [5.74, 6) is -6.42. The summed E-state index contributed by atoms with van der Waals surface area (Å²) in [4.78, 5) is 37.9. The highest BCUT2D eigenvalue weighted by molar-refractivity contribution is 6.30. The zero-order valence-electron chi connectivity index (χ0n) is 17.4. The topological polar surface area (TPSA) is 225 Å². The highest BCUT2D eigenvalue weighted by Crippen LogP contribution is 2.46. The number of ether oxygens (including phenoxy) is 1. The number of rotatable bonds is 3. The van der Waals surface area contributed by atoms with Crippen LogP contribution in [-0.2, 0) is 4.74 Å². The molecule has 0 bridgehead atoms. The third-order valence-electron chi connectivity index (χ3n) is 6.19. The number of aliphatic hydroxyl groups is 4. The molecule has 34 heavy (non-hydrogen) atoms. The molecule has 12 heteroatoms. The summed E-state index contributed by atoms with van der Waals surface area (Å²) in [5, 5.41) is 83.0. The second-order valence-electron chi connectivity index (χ2n) is 8.09. The molecule has 1 fully saturated rings. The molecular formula is C22H19O12-. The van der Waals surface area contributed by atoms with Crippen LogP contribution in [0.2, 0.25) is 0 Å². The van der Waals surface area contributed by atoms with Gasteiger partial charge in [-0.15, -0.1) is 0 Å². The molecule has 4 rings (SSSR count). The van der Waals surface area contributed by atoms with Gasteiger partial charge in [0.15, 0.2) is 11.6 Å². The minimum atomic E-state index is -1.95. The largest absolute Gasteiger partial charge is 0.872 e. The summed E-state index contributed by atoms with van der Waals surface area (Å²) in [6.07, 6.45) is -8.78. The van der Waals surface area contributed by atoms with Crippen LogP contribution in [0.3, 0.4) is 0 Å². The molecule has 0 spiro atoms. The van der Waals surface area contributed by atoms with Gasteiger partial charge < -0.3 is 45.6 Å². The molecule has 1 aliphatic carbocycles. The normalized spacial score (nSPS) is 26.2. The van der Waals surface area contributed by atoms with Gasteiger partial charge in [-0.1, -0.05) is 5.75 Å². The molecule has 1 heterocycles. The van der Waals surface area contributed by atoms with Crippen molar-refractivity contribution in [1.29, 1.82) is 0 Å². The summed E-state index contributed by atoms with van der Waals surface area (Å²) >= 11 is 0. The van der Waals surface area contributed by atoms with Crippen LogP contribution in [0.1, 0.15) is 59.4 Å². The first-order valence-corrected chi connectivity index (χ1v) is 9.98. The molecule has 0 amide bonds. The van der Waals surface area contributed by atoms with E-state index in [2.05, 4.69) is 0 Å². The molecule has 2 aliphatic rings. The van der Waals surface area contributed by atoms with E-state index in [1.54, 1.807) is 0 Å². The van der Waals surface area contributed by atoms with E-state index >= 15 is 0 Å². The van der Waals surface area contributed by atoms with Gasteiger partial charge >= 0.3 is 5.97 Å². The van der Waals surface area contributed by atoms with Crippen molar-refractivity contribution in [3.63, 3.8) is 0 Å². The van der Waals surface area contributed by atoms with Crippen LogP contribution in [0.5, 0.6) is 17.2 Å². The summed E-state index contributed by atoms with van der Waals surface area (Å²) in [7, 11) is 0. The number of aromatic hydroxyl groups is 2. The maximum atomic E-state index is 13.3. The van der Waals surface area contributed by atoms with E-state index in [0.717, 1.165) is 12.1 Å². The Labute approximate surface area is 190 Å². The fourth-order valence-electron chi connectivity index (χ4n) is 4.49. The van der Waals surface area contributed by atoms with Crippen molar-refractivity contribution in [1.82, 2.24) is 0 Å². The van der Waals surface area contributed by atoms with Gasteiger partial charge in [0.25, 0.3) is 0 Å². The Morgan fingerprint density at radius 1 is 0.971 bits per heavy atom. The molecular weight excluding hydrogens is 456 g/mol. The number of carboxylic acid groups (broad SMARTS) is 1. The summed E-state index contributed by atoms with van der Waals surface area (Å²) in [6, 6.07) is 1.58. The first-order valence-electron chi connectivity index (χ1n) is 9.98. The fourth-order valence-corrected chi connectivity index (χ4v) is 4.49. The van der Waals surface area contributed by atoms with Crippen LogP contribution >= 0.6 is 0 Å². The smallest absolute Gasteiger partial charge is 0.339 e. The molecule has 0 radical (unpaired) electrons. The molecule has 0 aromatic heterocycles. The van der Waals surface area contributed by atoms with Gasteiger partial charge in [-0.05, 0) is 24.6 Å². The van der Waals surface area contributed by atoms with Crippen LogP contribution in [0.25, 0.3) is 0 Å². The van der Waals surface area contributed by atoms with Gasteiger partial charge in [0.1, 0.15) is 47.6 Å². The Hall–Kier alpha value is -3.55. The van der Waals surface area contributed by atoms with Crippen molar-refractivity contribution in [2.75, 3.05) is 6.61 Å². The van der Waals surface area contributed by atoms with Gasteiger partial charge in [0, 0.05) is 27.8 Å². The first-order chi connectivity index (χ1) is 15.9. The molecule has 1 aliphatic heterocycles. The lowest BCUT2D eigenvalue weighted by atomic mass is 9.78. The number of phenols is 2. The summed E-state index contributed by atoms with van der Waals surface area (Å²) in [6.45, 7) is 0.369. The van der Waals surface area contributed by atoms with E-state index in [0.29, 0.717) is 0 Å². The number of phenolic OH excluding ortho intramolecular Hbond substituents is 1. The molecule has 2 aromatic rings. The Morgan fingerprint density at radius 3 is 2.15 bits per heavy atom. The predicted molar refractivity (Wildman–Crippen MR) is 107 cm³/mol. The van der Waals surface area contributed by atoms with E-state index < -0.39 is 99.7 Å². The van der Waals surface area contributed by atoms with Crippen molar-refractivity contribution < 1.29 is 60.0 Å². The van der Waals surface area contributed by atoms with E-state index in [1.807, 2.05) is 0 Å². The minimum Gasteiger partial charge on any atom is -0.872 e. The Balaban J connectivity index is 1.93. The number of carbonyl (C=O) groups excluding carboxylic acids is 2. The average Bonchev–Trinajstić information content (AvgIpc) is 2.76. The maximum absolute atomic E-state index is 13.3. The van der Waals surface area contributed by atoms with Crippen LogP contribution in [0.4, 0.5) is 0 Å². The lowest BCUT2D eigenvalue weighted by Crippen LogP contribution is -2.55. The molecule has 7 N–H and O–H groups in total. The number of hydrogen-bond acceptors (Lipinski definition) is 11. The monoisotopic (exact) mass is 475 g/mol. The van der Waals surface area contributed by atoms with Gasteiger partial charge in [0.2, 0.25) is 0 Å². The minimum absolute atomic E-state index is 0.256. The number of aliphatic hydroxyl groups excluding tert-OH is 4. The van der Waals surface area contributed by atoms with Crippen molar-refractivity contribution >= 4 is 17.5 Å². The van der Waals surface area contributed by atoms with Crippen molar-refractivity contribution in [3.8, 4) is 17.2 Å². The zero-order chi connectivity index (χ0) is 25.2. The van der Waals surface area contributed by atoms with E-state index in [9.17, 15) is 55.2 Å². The molecule has 0 saturated carbocycles. The van der Waals surface area contributed by atoms with Crippen LogP contribution in [0, 0.1) is 6.92 Å². The summed E-state index contributed by atoms with van der Waals surface area (Å²) in [5.41, 5.74) is -3.62. The highest BCUT2D eigenvalue weighted by atomic mass is 16.5. The molecule has 5 atom stereocenters. The fraction of sp³-hybridized carbons (Fsp3) is 0.318. The first kappa shape index (κ1) is 23.6. The van der Waals surface area contributed by atoms with Crippen LogP contribution in [-0.4, -0.2) is 84.3 Å². The lowest BCUT2D eigenvalue weighted by Gasteiger charge is -2.42. The molecule has 180 valence electrons. The number of aromatic carboxylic acids is 1. The maximum Gasteiger partial charge on any atom is 0.339 e. The van der Waals surface area contributed by atoms with Crippen LogP contribution in [0.15, 0.2) is 12.1 Å². The van der Waals surface area contributed by atoms with E-state index in [1.165, 1.54) is 6.92 Å². The Bertz CT molecular complexity index is 1250.